The molecular weight excluding hydrogens is 280 g/mol. The van der Waals surface area contributed by atoms with E-state index in [1.54, 1.807) is 0 Å². The van der Waals surface area contributed by atoms with E-state index in [-0.39, 0.29) is 5.92 Å². The number of aryl methyl sites for hydroxylation is 1. The number of hydrogen-bond donors (Lipinski definition) is 1. The molecule has 0 bridgehead atoms. The highest BCUT2D eigenvalue weighted by molar-refractivity contribution is 5.70. The maximum atomic E-state index is 11.1. The molecule has 2 aliphatic heterocycles. The van der Waals surface area contributed by atoms with E-state index in [0.717, 1.165) is 24.6 Å². The van der Waals surface area contributed by atoms with Crippen LogP contribution in [-0.4, -0.2) is 49.9 Å². The van der Waals surface area contributed by atoms with Crippen LogP contribution in [0.3, 0.4) is 0 Å². The Kier molecular flexibility index (Phi) is 4.47. The zero-order valence-electron chi connectivity index (χ0n) is 13.5. The lowest BCUT2D eigenvalue weighted by atomic mass is 9.94. The molecule has 1 fully saturated rings. The number of aromatic nitrogens is 3. The summed E-state index contributed by atoms with van der Waals surface area (Å²) < 4.78 is 1.91. The Labute approximate surface area is 131 Å². The first kappa shape index (κ1) is 15.5. The fraction of sp³-hybridized carbons (Fsp3) is 0.812. The van der Waals surface area contributed by atoms with Gasteiger partial charge < -0.3 is 10.0 Å². The fourth-order valence-electron chi connectivity index (χ4n) is 3.65. The minimum atomic E-state index is -0.712. The van der Waals surface area contributed by atoms with Gasteiger partial charge in [0.2, 0.25) is 0 Å². The van der Waals surface area contributed by atoms with Crippen molar-refractivity contribution in [1.29, 1.82) is 0 Å². The van der Waals surface area contributed by atoms with Crippen molar-refractivity contribution in [2.24, 2.45) is 11.8 Å². The Hall–Kier alpha value is -1.43. The van der Waals surface area contributed by atoms with Crippen LogP contribution < -0.4 is 0 Å². The van der Waals surface area contributed by atoms with E-state index < -0.39 is 5.97 Å². The van der Waals surface area contributed by atoms with Gasteiger partial charge in [0.15, 0.2) is 5.82 Å². The average Bonchev–Trinajstić information content (AvgIpc) is 2.88. The number of rotatable bonds is 4. The normalized spacial score (nSPS) is 26.1. The first-order chi connectivity index (χ1) is 10.5. The molecule has 0 aromatic carbocycles. The summed E-state index contributed by atoms with van der Waals surface area (Å²) in [6, 6.07) is 0.599. The molecule has 1 aromatic heterocycles. The Morgan fingerprint density at radius 1 is 1.36 bits per heavy atom. The van der Waals surface area contributed by atoms with Gasteiger partial charge in [0, 0.05) is 32.0 Å². The summed E-state index contributed by atoms with van der Waals surface area (Å²) in [5.41, 5.74) is 0. The van der Waals surface area contributed by atoms with Gasteiger partial charge in [-0.1, -0.05) is 0 Å². The lowest BCUT2D eigenvalue weighted by Gasteiger charge is -2.35. The monoisotopic (exact) mass is 306 g/mol. The molecular formula is C16H26N4O2. The highest BCUT2D eigenvalue weighted by Crippen LogP contribution is 2.23. The molecule has 0 radical (unpaired) electrons. The summed E-state index contributed by atoms with van der Waals surface area (Å²) in [5.74, 6) is 1.36. The number of carboxylic acid groups (broad SMARTS) is 1. The maximum absolute atomic E-state index is 11.1. The average molecular weight is 306 g/mol. The lowest BCUT2D eigenvalue weighted by Crippen LogP contribution is -2.40. The van der Waals surface area contributed by atoms with Gasteiger partial charge in [0.1, 0.15) is 5.82 Å². The Morgan fingerprint density at radius 2 is 2.18 bits per heavy atom. The SMILES string of the molecule is CC(C)N1CCCC(Cc2nc3n(n2)CCC(C(=O)O)C3)C1. The van der Waals surface area contributed by atoms with E-state index in [2.05, 4.69) is 28.8 Å². The van der Waals surface area contributed by atoms with Crippen molar-refractivity contribution in [3.05, 3.63) is 11.6 Å². The van der Waals surface area contributed by atoms with E-state index in [1.165, 1.54) is 19.4 Å². The highest BCUT2D eigenvalue weighted by Gasteiger charge is 2.28. The van der Waals surface area contributed by atoms with Crippen LogP contribution in [0.25, 0.3) is 0 Å². The zero-order valence-corrected chi connectivity index (χ0v) is 13.5. The molecule has 1 aromatic rings. The number of nitrogens with zero attached hydrogens (tertiary/aromatic N) is 4. The second-order valence-electron chi connectivity index (χ2n) is 7.00. The molecule has 2 aliphatic rings. The van der Waals surface area contributed by atoms with Gasteiger partial charge in [0.05, 0.1) is 5.92 Å². The molecule has 1 saturated heterocycles. The number of hydrogen-bond acceptors (Lipinski definition) is 4. The van der Waals surface area contributed by atoms with E-state index >= 15 is 0 Å². The standard InChI is InChI=1S/C16H26N4O2/c1-11(2)19-6-3-4-12(10-19)8-14-17-15-9-13(16(21)22)5-7-20(15)18-14/h11-13H,3-10H2,1-2H3,(H,21,22). The van der Waals surface area contributed by atoms with Crippen molar-refractivity contribution in [2.75, 3.05) is 13.1 Å². The minimum absolute atomic E-state index is 0.296. The van der Waals surface area contributed by atoms with Crippen LogP contribution in [0.15, 0.2) is 0 Å². The quantitative estimate of drug-likeness (QED) is 0.914. The van der Waals surface area contributed by atoms with Crippen LogP contribution in [0.5, 0.6) is 0 Å². The highest BCUT2D eigenvalue weighted by atomic mass is 16.4. The molecule has 2 unspecified atom stereocenters. The van der Waals surface area contributed by atoms with Crippen LogP contribution in [0.4, 0.5) is 0 Å². The van der Waals surface area contributed by atoms with Gasteiger partial charge in [0.25, 0.3) is 0 Å². The second kappa shape index (κ2) is 6.36. The van der Waals surface area contributed by atoms with Gasteiger partial charge in [-0.25, -0.2) is 9.67 Å². The van der Waals surface area contributed by atoms with Crippen molar-refractivity contribution in [1.82, 2.24) is 19.7 Å². The first-order valence-corrected chi connectivity index (χ1v) is 8.42. The van der Waals surface area contributed by atoms with E-state index in [1.807, 2.05) is 4.68 Å². The van der Waals surface area contributed by atoms with Gasteiger partial charge in [-0.15, -0.1) is 0 Å². The van der Waals surface area contributed by atoms with Crippen molar-refractivity contribution < 1.29 is 9.90 Å². The number of carbonyl (C=O) groups is 1. The fourth-order valence-corrected chi connectivity index (χ4v) is 3.65. The first-order valence-electron chi connectivity index (χ1n) is 8.42. The van der Waals surface area contributed by atoms with Crippen LogP contribution in [0.1, 0.15) is 44.8 Å². The van der Waals surface area contributed by atoms with Crippen LogP contribution in [0.2, 0.25) is 0 Å². The number of carboxylic acids is 1. The number of piperidine rings is 1. The third-order valence-corrected chi connectivity index (χ3v) is 5.01. The largest absolute Gasteiger partial charge is 0.481 e. The third-order valence-electron chi connectivity index (χ3n) is 5.01. The van der Waals surface area contributed by atoms with Gasteiger partial charge in [-0.3, -0.25) is 4.79 Å². The van der Waals surface area contributed by atoms with Crippen molar-refractivity contribution >= 4 is 5.97 Å². The maximum Gasteiger partial charge on any atom is 0.307 e. The van der Waals surface area contributed by atoms with Crippen molar-refractivity contribution in [3.63, 3.8) is 0 Å². The predicted octanol–water partition coefficient (Wildman–Crippen LogP) is 1.59. The van der Waals surface area contributed by atoms with E-state index in [4.69, 9.17) is 5.11 Å². The van der Waals surface area contributed by atoms with E-state index in [0.29, 0.717) is 31.3 Å². The zero-order chi connectivity index (χ0) is 15.7. The van der Waals surface area contributed by atoms with Crippen LogP contribution in [-0.2, 0) is 24.2 Å². The molecule has 122 valence electrons. The molecule has 0 spiro atoms. The molecule has 3 rings (SSSR count). The second-order valence-corrected chi connectivity index (χ2v) is 7.00. The summed E-state index contributed by atoms with van der Waals surface area (Å²) in [6.07, 6.45) is 4.59. The molecule has 1 N–H and O–H groups in total. The molecule has 22 heavy (non-hydrogen) atoms. The summed E-state index contributed by atoms with van der Waals surface area (Å²) in [5, 5.41) is 13.8. The van der Waals surface area contributed by atoms with Gasteiger partial charge >= 0.3 is 5.97 Å². The van der Waals surface area contributed by atoms with Crippen LogP contribution >= 0.6 is 0 Å². The molecule has 3 heterocycles. The lowest BCUT2D eigenvalue weighted by molar-refractivity contribution is -0.142. The predicted molar refractivity (Wildman–Crippen MR) is 82.6 cm³/mol. The van der Waals surface area contributed by atoms with Crippen LogP contribution in [0, 0.1) is 11.8 Å². The summed E-state index contributed by atoms with van der Waals surface area (Å²) in [7, 11) is 0. The summed E-state index contributed by atoms with van der Waals surface area (Å²) in [4.78, 5) is 18.3. The molecule has 6 heteroatoms. The summed E-state index contributed by atoms with van der Waals surface area (Å²) in [6.45, 7) is 7.51. The minimum Gasteiger partial charge on any atom is -0.481 e. The van der Waals surface area contributed by atoms with E-state index in [9.17, 15) is 4.79 Å². The molecule has 0 aliphatic carbocycles. The summed E-state index contributed by atoms with van der Waals surface area (Å²) >= 11 is 0. The Morgan fingerprint density at radius 3 is 2.91 bits per heavy atom. The number of aliphatic carboxylic acids is 1. The smallest absolute Gasteiger partial charge is 0.307 e. The third kappa shape index (κ3) is 3.32. The number of fused-ring (bicyclic) bond motifs is 1. The number of likely N-dealkylation sites (tertiary alicyclic amines) is 1. The molecule has 0 saturated carbocycles. The molecule has 0 amide bonds. The van der Waals surface area contributed by atoms with Gasteiger partial charge in [-0.05, 0) is 45.6 Å². The Balaban J connectivity index is 1.63. The van der Waals surface area contributed by atoms with Crippen molar-refractivity contribution in [3.8, 4) is 0 Å². The van der Waals surface area contributed by atoms with Crippen molar-refractivity contribution in [2.45, 2.75) is 58.5 Å². The molecule has 2 atom stereocenters. The van der Waals surface area contributed by atoms with Gasteiger partial charge in [-0.2, -0.15) is 5.10 Å². The molecule has 6 nitrogen and oxygen atoms in total. The Bertz CT molecular complexity index is 540. The topological polar surface area (TPSA) is 71.2 Å².